The molecule has 1 atom stereocenters. The van der Waals surface area contributed by atoms with E-state index in [1.165, 1.54) is 33.6 Å². The van der Waals surface area contributed by atoms with Gasteiger partial charge in [0.25, 0.3) is 5.56 Å². The van der Waals surface area contributed by atoms with Crippen molar-refractivity contribution in [3.63, 3.8) is 0 Å². The average Bonchev–Trinajstić information content (AvgIpc) is 3.22. The molecule has 0 bridgehead atoms. The van der Waals surface area contributed by atoms with Gasteiger partial charge in [-0.2, -0.15) is 0 Å². The van der Waals surface area contributed by atoms with Gasteiger partial charge >= 0.3 is 0 Å². The highest BCUT2D eigenvalue weighted by molar-refractivity contribution is 7.07. The second-order valence-electron chi connectivity index (χ2n) is 9.13. The van der Waals surface area contributed by atoms with Crippen LogP contribution in [0.25, 0.3) is 11.8 Å². The molecular formula is C30H26N2O3S. The van der Waals surface area contributed by atoms with E-state index in [4.69, 9.17) is 14.5 Å². The number of rotatable bonds is 4. The Morgan fingerprint density at radius 2 is 1.81 bits per heavy atom. The van der Waals surface area contributed by atoms with Gasteiger partial charge < -0.3 is 9.47 Å². The van der Waals surface area contributed by atoms with Crippen molar-refractivity contribution in [3.8, 4) is 11.5 Å². The van der Waals surface area contributed by atoms with Crippen LogP contribution >= 0.6 is 11.3 Å². The van der Waals surface area contributed by atoms with Crippen LogP contribution < -0.4 is 24.4 Å². The number of thiazole rings is 1. The number of methoxy groups -OCH3 is 2. The number of hydrogen-bond acceptors (Lipinski definition) is 5. The van der Waals surface area contributed by atoms with Gasteiger partial charge in [-0.1, -0.05) is 65.4 Å². The van der Waals surface area contributed by atoms with Crippen molar-refractivity contribution in [1.29, 1.82) is 0 Å². The average molecular weight is 495 g/mol. The largest absolute Gasteiger partial charge is 0.497 e. The molecule has 0 spiro atoms. The zero-order valence-corrected chi connectivity index (χ0v) is 21.3. The number of aryl methyl sites for hydroxylation is 2. The summed E-state index contributed by atoms with van der Waals surface area (Å²) in [6, 6.07) is 22.4. The standard InChI is InChI=1S/C30H26N2O3S/c1-18-8-10-20(11-9-18)28-24-14-12-19-6-4-5-7-23(19)27(24)31-30-32(28)29(33)26(36-30)17-21-16-22(34-2)13-15-25(21)35-3/h4-11,13,15-17,28H,12,14H2,1-3H3/b26-17-/t28-/m1/s1. The van der Waals surface area contributed by atoms with Crippen LogP contribution in [0.4, 0.5) is 0 Å². The Kier molecular flexibility index (Phi) is 5.61. The van der Waals surface area contributed by atoms with Crippen LogP contribution in [0.5, 0.6) is 11.5 Å². The molecule has 0 N–H and O–H groups in total. The minimum atomic E-state index is -0.181. The second kappa shape index (κ2) is 8.95. The van der Waals surface area contributed by atoms with Crippen molar-refractivity contribution < 1.29 is 9.47 Å². The van der Waals surface area contributed by atoms with E-state index in [2.05, 4.69) is 55.5 Å². The van der Waals surface area contributed by atoms with E-state index < -0.39 is 0 Å². The molecule has 6 heteroatoms. The molecule has 0 saturated heterocycles. The van der Waals surface area contributed by atoms with Gasteiger partial charge in [0, 0.05) is 11.1 Å². The highest BCUT2D eigenvalue weighted by Crippen LogP contribution is 2.41. The summed E-state index contributed by atoms with van der Waals surface area (Å²) < 4.78 is 13.5. The first-order valence-corrected chi connectivity index (χ1v) is 12.8. The first-order chi connectivity index (χ1) is 17.6. The molecule has 6 rings (SSSR count). The third kappa shape index (κ3) is 3.69. The monoisotopic (exact) mass is 494 g/mol. The summed E-state index contributed by atoms with van der Waals surface area (Å²) in [4.78, 5) is 19.7. The SMILES string of the molecule is COc1ccc(OC)c(/C=c2\sc3n(c2=O)[C@H](c2ccc(C)cc2)C2=C(N=3)c3ccccc3CC2)c1. The van der Waals surface area contributed by atoms with E-state index in [-0.39, 0.29) is 11.6 Å². The second-order valence-corrected chi connectivity index (χ2v) is 10.1. The quantitative estimate of drug-likeness (QED) is 0.415. The minimum absolute atomic E-state index is 0.0420. The molecule has 2 aliphatic rings. The molecule has 5 nitrogen and oxygen atoms in total. The summed E-state index contributed by atoms with van der Waals surface area (Å²) >= 11 is 1.42. The van der Waals surface area contributed by atoms with Crippen molar-refractivity contribution >= 4 is 23.1 Å². The van der Waals surface area contributed by atoms with Crippen LogP contribution in [-0.4, -0.2) is 18.8 Å². The van der Waals surface area contributed by atoms with Gasteiger partial charge in [-0.3, -0.25) is 9.36 Å². The van der Waals surface area contributed by atoms with Gasteiger partial charge in [0.15, 0.2) is 4.80 Å². The van der Waals surface area contributed by atoms with E-state index in [9.17, 15) is 4.79 Å². The lowest BCUT2D eigenvalue weighted by Gasteiger charge is -2.30. The lowest BCUT2D eigenvalue weighted by Crippen LogP contribution is -2.38. The zero-order chi connectivity index (χ0) is 24.8. The first kappa shape index (κ1) is 22.6. The van der Waals surface area contributed by atoms with Gasteiger partial charge in [0.05, 0.1) is 30.5 Å². The first-order valence-electron chi connectivity index (χ1n) is 12.0. The predicted octanol–water partition coefficient (Wildman–Crippen LogP) is 4.64. The molecule has 0 fully saturated rings. The summed E-state index contributed by atoms with van der Waals surface area (Å²) in [6.07, 6.45) is 3.70. The van der Waals surface area contributed by atoms with Crippen molar-refractivity contribution in [2.24, 2.45) is 4.99 Å². The van der Waals surface area contributed by atoms with E-state index in [1.54, 1.807) is 14.2 Å². The van der Waals surface area contributed by atoms with Crippen molar-refractivity contribution in [2.45, 2.75) is 25.8 Å². The van der Waals surface area contributed by atoms with Crippen LogP contribution in [0, 0.1) is 6.92 Å². The molecule has 4 aromatic rings. The topological polar surface area (TPSA) is 52.8 Å². The molecular weight excluding hydrogens is 468 g/mol. The van der Waals surface area contributed by atoms with E-state index in [0.717, 1.165) is 29.7 Å². The number of nitrogens with zero attached hydrogens (tertiary/aromatic N) is 2. The maximum atomic E-state index is 13.9. The summed E-state index contributed by atoms with van der Waals surface area (Å²) in [7, 11) is 3.26. The summed E-state index contributed by atoms with van der Waals surface area (Å²) in [6.45, 7) is 2.08. The number of hydrogen-bond donors (Lipinski definition) is 0. The van der Waals surface area contributed by atoms with Crippen LogP contribution in [0.2, 0.25) is 0 Å². The minimum Gasteiger partial charge on any atom is -0.497 e. The van der Waals surface area contributed by atoms with Crippen molar-refractivity contribution in [1.82, 2.24) is 4.57 Å². The fourth-order valence-corrected chi connectivity index (χ4v) is 6.16. The highest BCUT2D eigenvalue weighted by Gasteiger charge is 2.32. The number of benzene rings is 3. The van der Waals surface area contributed by atoms with Gasteiger partial charge in [0.1, 0.15) is 11.5 Å². The zero-order valence-electron chi connectivity index (χ0n) is 20.4. The summed E-state index contributed by atoms with van der Waals surface area (Å²) in [5.41, 5.74) is 7.74. The van der Waals surface area contributed by atoms with Crippen LogP contribution in [-0.2, 0) is 6.42 Å². The Balaban J connectivity index is 1.62. The van der Waals surface area contributed by atoms with Crippen molar-refractivity contribution in [3.05, 3.63) is 120 Å². The van der Waals surface area contributed by atoms with Gasteiger partial charge in [0.2, 0.25) is 0 Å². The summed E-state index contributed by atoms with van der Waals surface area (Å²) in [5, 5.41) is 0. The molecule has 1 aliphatic heterocycles. The predicted molar refractivity (Wildman–Crippen MR) is 143 cm³/mol. The van der Waals surface area contributed by atoms with Crippen molar-refractivity contribution in [2.75, 3.05) is 14.2 Å². The third-order valence-electron chi connectivity index (χ3n) is 6.99. The third-order valence-corrected chi connectivity index (χ3v) is 7.97. The fraction of sp³-hybridized carbons (Fsp3) is 0.200. The molecule has 0 radical (unpaired) electrons. The molecule has 0 unspecified atom stereocenters. The Labute approximate surface area is 213 Å². The maximum absolute atomic E-state index is 13.9. The summed E-state index contributed by atoms with van der Waals surface area (Å²) in [5.74, 6) is 1.39. The Morgan fingerprint density at radius 3 is 2.58 bits per heavy atom. The smallest absolute Gasteiger partial charge is 0.271 e. The van der Waals surface area contributed by atoms with Gasteiger partial charge in [-0.25, -0.2) is 4.99 Å². The maximum Gasteiger partial charge on any atom is 0.271 e. The van der Waals surface area contributed by atoms with E-state index >= 15 is 0 Å². The van der Waals surface area contributed by atoms with E-state index in [1.807, 2.05) is 28.8 Å². The molecule has 1 aromatic heterocycles. The Morgan fingerprint density at radius 1 is 1.00 bits per heavy atom. The highest BCUT2D eigenvalue weighted by atomic mass is 32.1. The van der Waals surface area contributed by atoms with Crippen LogP contribution in [0.3, 0.4) is 0 Å². The Bertz CT molecular complexity index is 1690. The molecule has 2 heterocycles. The molecule has 180 valence electrons. The van der Waals surface area contributed by atoms with Gasteiger partial charge in [-0.15, -0.1) is 0 Å². The molecule has 1 aliphatic carbocycles. The Hall–Kier alpha value is -3.90. The van der Waals surface area contributed by atoms with Gasteiger partial charge in [-0.05, 0) is 60.7 Å². The molecule has 3 aromatic carbocycles. The van der Waals surface area contributed by atoms with Crippen LogP contribution in [0.1, 0.15) is 40.3 Å². The fourth-order valence-electron chi connectivity index (χ4n) is 5.16. The molecule has 0 amide bonds. The van der Waals surface area contributed by atoms with Crippen LogP contribution in [0.15, 0.2) is 82.1 Å². The number of allylic oxidation sites excluding steroid dienone is 1. The lowest BCUT2D eigenvalue weighted by atomic mass is 9.83. The lowest BCUT2D eigenvalue weighted by molar-refractivity contribution is 0.402. The number of fused-ring (bicyclic) bond motifs is 3. The number of ether oxygens (including phenoxy) is 2. The van der Waals surface area contributed by atoms with E-state index in [0.29, 0.717) is 20.8 Å². The number of aromatic nitrogens is 1. The normalized spacial score (nSPS) is 16.6. The molecule has 0 saturated carbocycles. The molecule has 36 heavy (non-hydrogen) atoms.